The highest BCUT2D eigenvalue weighted by molar-refractivity contribution is 5.94. The van der Waals surface area contributed by atoms with Crippen molar-refractivity contribution in [3.8, 4) is 5.75 Å². The van der Waals surface area contributed by atoms with Crippen LogP contribution in [-0.4, -0.2) is 23.1 Å². The number of halogens is 1. The molecule has 3 N–H and O–H groups in total. The molecule has 0 saturated carbocycles. The molecule has 2 atom stereocenters. The zero-order chi connectivity index (χ0) is 17.8. The van der Waals surface area contributed by atoms with Crippen LogP contribution in [0.2, 0.25) is 0 Å². The van der Waals surface area contributed by atoms with E-state index in [2.05, 4.69) is 5.32 Å². The maximum atomic E-state index is 12.9. The Hall–Kier alpha value is -2.93. The second kappa shape index (κ2) is 7.31. The minimum atomic E-state index is -0.739. The van der Waals surface area contributed by atoms with Gasteiger partial charge in [-0.15, -0.1) is 0 Å². The van der Waals surface area contributed by atoms with Crippen molar-refractivity contribution in [1.29, 1.82) is 0 Å². The van der Waals surface area contributed by atoms with Crippen molar-refractivity contribution in [3.63, 3.8) is 0 Å². The first-order valence-corrected chi connectivity index (χ1v) is 7.78. The van der Waals surface area contributed by atoms with Crippen LogP contribution >= 0.6 is 0 Å². The normalized spacial score (nSPS) is 19.4. The Morgan fingerprint density at radius 2 is 1.88 bits per heavy atom. The third-order valence-corrected chi connectivity index (χ3v) is 4.13. The van der Waals surface area contributed by atoms with E-state index in [0.29, 0.717) is 12.4 Å². The number of nitrogens with one attached hydrogen (secondary N) is 2. The standard InChI is InChI=1S/C18H17FN2O4/c19-13-5-1-11(2-6-13)10-25-14-7-3-12(4-8-14)15-9-16(18(23)21-24)20-17(15)22/h1-8,15-16,24H,9-10H2,(H,20,22)(H,21,23)/t15-,16+/m0/s1. The van der Waals surface area contributed by atoms with E-state index >= 15 is 0 Å². The third kappa shape index (κ3) is 3.95. The van der Waals surface area contributed by atoms with Gasteiger partial charge >= 0.3 is 0 Å². The Labute approximate surface area is 143 Å². The molecule has 1 aliphatic heterocycles. The van der Waals surface area contributed by atoms with E-state index in [-0.39, 0.29) is 18.1 Å². The molecule has 2 aromatic carbocycles. The Bertz CT molecular complexity index is 762. The molecule has 0 aliphatic carbocycles. The second-order valence-electron chi connectivity index (χ2n) is 5.81. The lowest BCUT2D eigenvalue weighted by Gasteiger charge is -2.10. The molecule has 1 fully saturated rings. The molecule has 0 radical (unpaired) electrons. The molecule has 0 bridgehead atoms. The molecule has 6 nitrogen and oxygen atoms in total. The van der Waals surface area contributed by atoms with E-state index < -0.39 is 17.9 Å². The van der Waals surface area contributed by atoms with Crippen LogP contribution in [0.4, 0.5) is 4.39 Å². The number of hydroxylamine groups is 1. The van der Waals surface area contributed by atoms with Crippen LogP contribution in [0.1, 0.15) is 23.5 Å². The molecule has 130 valence electrons. The first kappa shape index (κ1) is 16.9. The van der Waals surface area contributed by atoms with E-state index in [1.54, 1.807) is 41.9 Å². The Morgan fingerprint density at radius 3 is 2.52 bits per heavy atom. The summed E-state index contributed by atoms with van der Waals surface area (Å²) >= 11 is 0. The zero-order valence-corrected chi connectivity index (χ0v) is 13.2. The number of benzene rings is 2. The van der Waals surface area contributed by atoms with Crippen molar-refractivity contribution < 1.29 is 23.9 Å². The van der Waals surface area contributed by atoms with E-state index in [9.17, 15) is 14.0 Å². The van der Waals surface area contributed by atoms with Crippen molar-refractivity contribution in [1.82, 2.24) is 10.8 Å². The summed E-state index contributed by atoms with van der Waals surface area (Å²) in [5, 5.41) is 11.2. The van der Waals surface area contributed by atoms with Gasteiger partial charge in [0.05, 0.1) is 5.92 Å². The van der Waals surface area contributed by atoms with Crippen LogP contribution in [0.5, 0.6) is 5.75 Å². The molecule has 2 amide bonds. The third-order valence-electron chi connectivity index (χ3n) is 4.13. The summed E-state index contributed by atoms with van der Waals surface area (Å²) in [6, 6.07) is 12.3. The summed E-state index contributed by atoms with van der Waals surface area (Å²) < 4.78 is 18.5. The van der Waals surface area contributed by atoms with E-state index in [4.69, 9.17) is 9.94 Å². The fourth-order valence-corrected chi connectivity index (χ4v) is 2.76. The molecule has 2 aromatic rings. The predicted octanol–water partition coefficient (Wildman–Crippen LogP) is 1.88. The number of carbonyl (C=O) groups excluding carboxylic acids is 2. The number of ether oxygens (including phenoxy) is 1. The average Bonchev–Trinajstić information content (AvgIpc) is 3.03. The van der Waals surface area contributed by atoms with Crippen molar-refractivity contribution in [2.24, 2.45) is 0 Å². The van der Waals surface area contributed by atoms with E-state index in [1.165, 1.54) is 12.1 Å². The lowest BCUT2D eigenvalue weighted by atomic mass is 9.95. The van der Waals surface area contributed by atoms with Gasteiger partial charge in [0.25, 0.3) is 5.91 Å². The molecular weight excluding hydrogens is 327 g/mol. The topological polar surface area (TPSA) is 87.7 Å². The summed E-state index contributed by atoms with van der Waals surface area (Å²) in [5.74, 6) is -1.01. The first-order valence-electron chi connectivity index (χ1n) is 7.78. The molecular formula is C18H17FN2O4. The SMILES string of the molecule is O=C1N[C@@H](C(=O)NO)C[C@H]1c1ccc(OCc2ccc(F)cc2)cc1. The van der Waals surface area contributed by atoms with Crippen molar-refractivity contribution in [2.45, 2.75) is 25.0 Å². The predicted molar refractivity (Wildman–Crippen MR) is 86.4 cm³/mol. The molecule has 1 aliphatic rings. The van der Waals surface area contributed by atoms with Crippen LogP contribution in [0.3, 0.4) is 0 Å². The van der Waals surface area contributed by atoms with Gasteiger partial charge in [0, 0.05) is 0 Å². The molecule has 0 unspecified atom stereocenters. The number of carbonyl (C=O) groups is 2. The monoisotopic (exact) mass is 344 g/mol. The fourth-order valence-electron chi connectivity index (χ4n) is 2.76. The molecule has 1 saturated heterocycles. The van der Waals surface area contributed by atoms with Crippen LogP contribution in [0.15, 0.2) is 48.5 Å². The van der Waals surface area contributed by atoms with E-state index in [0.717, 1.165) is 11.1 Å². The minimum Gasteiger partial charge on any atom is -0.489 e. The number of hydrogen-bond donors (Lipinski definition) is 3. The number of hydrogen-bond acceptors (Lipinski definition) is 4. The fraction of sp³-hybridized carbons (Fsp3) is 0.222. The molecule has 7 heteroatoms. The molecule has 0 spiro atoms. The van der Waals surface area contributed by atoms with Gasteiger partial charge in [-0.05, 0) is 41.8 Å². The second-order valence-corrected chi connectivity index (χ2v) is 5.81. The molecule has 3 rings (SSSR count). The lowest BCUT2D eigenvalue weighted by Crippen LogP contribution is -2.40. The van der Waals surface area contributed by atoms with Gasteiger partial charge in [-0.3, -0.25) is 14.8 Å². The van der Waals surface area contributed by atoms with Crippen LogP contribution in [0, 0.1) is 5.82 Å². The number of rotatable bonds is 5. The van der Waals surface area contributed by atoms with Crippen molar-refractivity contribution >= 4 is 11.8 Å². The van der Waals surface area contributed by atoms with Crippen molar-refractivity contribution in [3.05, 3.63) is 65.5 Å². The van der Waals surface area contributed by atoms with Gasteiger partial charge in [-0.1, -0.05) is 24.3 Å². The quantitative estimate of drug-likeness (QED) is 0.571. The number of amides is 2. The molecule has 1 heterocycles. The Kier molecular flexibility index (Phi) is 4.95. The highest BCUT2D eigenvalue weighted by atomic mass is 19.1. The Balaban J connectivity index is 1.61. The smallest absolute Gasteiger partial charge is 0.265 e. The maximum absolute atomic E-state index is 12.9. The van der Waals surface area contributed by atoms with Crippen LogP contribution in [-0.2, 0) is 16.2 Å². The van der Waals surface area contributed by atoms with Crippen LogP contribution < -0.4 is 15.5 Å². The average molecular weight is 344 g/mol. The van der Waals surface area contributed by atoms with Gasteiger partial charge in [0.2, 0.25) is 5.91 Å². The first-order chi connectivity index (χ1) is 12.1. The van der Waals surface area contributed by atoms with E-state index in [1.807, 2.05) is 0 Å². The van der Waals surface area contributed by atoms with Gasteiger partial charge in [0.1, 0.15) is 24.2 Å². The summed E-state index contributed by atoms with van der Waals surface area (Å²) in [7, 11) is 0. The van der Waals surface area contributed by atoms with Crippen molar-refractivity contribution in [2.75, 3.05) is 0 Å². The van der Waals surface area contributed by atoms with Gasteiger partial charge in [-0.2, -0.15) is 0 Å². The summed E-state index contributed by atoms with van der Waals surface area (Å²) in [4.78, 5) is 23.4. The lowest BCUT2D eigenvalue weighted by molar-refractivity contribution is -0.132. The minimum absolute atomic E-state index is 0.256. The van der Waals surface area contributed by atoms with Gasteiger partial charge in [0.15, 0.2) is 0 Å². The van der Waals surface area contributed by atoms with Gasteiger partial charge in [-0.25, -0.2) is 9.87 Å². The zero-order valence-electron chi connectivity index (χ0n) is 13.2. The van der Waals surface area contributed by atoms with Crippen LogP contribution in [0.25, 0.3) is 0 Å². The molecule has 0 aromatic heterocycles. The van der Waals surface area contributed by atoms with Gasteiger partial charge < -0.3 is 10.1 Å². The summed E-state index contributed by atoms with van der Waals surface area (Å²) in [6.45, 7) is 0.308. The highest BCUT2D eigenvalue weighted by Gasteiger charge is 2.36. The molecule has 25 heavy (non-hydrogen) atoms. The Morgan fingerprint density at radius 1 is 1.20 bits per heavy atom. The summed E-state index contributed by atoms with van der Waals surface area (Å²) in [5.41, 5.74) is 3.16. The highest BCUT2D eigenvalue weighted by Crippen LogP contribution is 2.28. The largest absolute Gasteiger partial charge is 0.489 e. The maximum Gasteiger partial charge on any atom is 0.265 e. The summed E-state index contributed by atoms with van der Waals surface area (Å²) in [6.07, 6.45) is 0.279.